The van der Waals surface area contributed by atoms with Crippen molar-refractivity contribution in [3.63, 3.8) is 0 Å². The molecule has 3 rings (SSSR count). The SMILES string of the molecule is Cn1cccc1CN1CCN(Cc2ccc(Cl)cc2)CC1. The zero-order chi connectivity index (χ0) is 14.7. The van der Waals surface area contributed by atoms with Gasteiger partial charge in [-0.3, -0.25) is 9.80 Å². The zero-order valence-corrected chi connectivity index (χ0v) is 13.3. The van der Waals surface area contributed by atoms with Crippen LogP contribution in [0.15, 0.2) is 42.6 Å². The van der Waals surface area contributed by atoms with E-state index in [0.717, 1.165) is 44.3 Å². The van der Waals surface area contributed by atoms with E-state index in [9.17, 15) is 0 Å². The van der Waals surface area contributed by atoms with E-state index >= 15 is 0 Å². The number of hydrogen-bond donors (Lipinski definition) is 0. The summed E-state index contributed by atoms with van der Waals surface area (Å²) >= 11 is 5.93. The van der Waals surface area contributed by atoms with Gasteiger partial charge >= 0.3 is 0 Å². The molecule has 0 N–H and O–H groups in total. The molecular formula is C17H22ClN3. The molecule has 1 aromatic carbocycles. The molecule has 1 saturated heterocycles. The van der Waals surface area contributed by atoms with Crippen molar-refractivity contribution in [2.45, 2.75) is 13.1 Å². The Kier molecular flexibility index (Phi) is 4.63. The predicted molar refractivity (Wildman–Crippen MR) is 87.4 cm³/mol. The number of aryl methyl sites for hydroxylation is 1. The number of rotatable bonds is 4. The molecule has 2 heterocycles. The summed E-state index contributed by atoms with van der Waals surface area (Å²) in [5.41, 5.74) is 2.73. The molecule has 21 heavy (non-hydrogen) atoms. The molecule has 1 aromatic heterocycles. The molecule has 0 unspecified atom stereocenters. The smallest absolute Gasteiger partial charge is 0.0406 e. The molecule has 2 aromatic rings. The van der Waals surface area contributed by atoms with Gasteiger partial charge in [0.15, 0.2) is 0 Å². The van der Waals surface area contributed by atoms with Crippen molar-refractivity contribution >= 4 is 11.6 Å². The van der Waals surface area contributed by atoms with Gasteiger partial charge in [-0.2, -0.15) is 0 Å². The van der Waals surface area contributed by atoms with Crippen LogP contribution in [0.1, 0.15) is 11.3 Å². The molecule has 3 nitrogen and oxygen atoms in total. The Morgan fingerprint density at radius 1 is 0.905 bits per heavy atom. The van der Waals surface area contributed by atoms with Crippen molar-refractivity contribution in [1.82, 2.24) is 14.4 Å². The number of hydrogen-bond acceptors (Lipinski definition) is 2. The Morgan fingerprint density at radius 3 is 2.10 bits per heavy atom. The van der Waals surface area contributed by atoms with Gasteiger partial charge in [0, 0.05) is 63.2 Å². The number of piperazine rings is 1. The third kappa shape index (κ3) is 3.88. The Labute approximate surface area is 131 Å². The Hall–Kier alpha value is -1.29. The summed E-state index contributed by atoms with van der Waals surface area (Å²) in [6.45, 7) is 6.62. The van der Waals surface area contributed by atoms with E-state index in [1.165, 1.54) is 11.3 Å². The molecular weight excluding hydrogens is 282 g/mol. The highest BCUT2D eigenvalue weighted by Crippen LogP contribution is 2.14. The van der Waals surface area contributed by atoms with E-state index < -0.39 is 0 Å². The van der Waals surface area contributed by atoms with Gasteiger partial charge in [-0.15, -0.1) is 0 Å². The second-order valence-electron chi connectivity index (χ2n) is 5.79. The normalized spacial score (nSPS) is 17.2. The second kappa shape index (κ2) is 6.65. The fourth-order valence-corrected chi connectivity index (χ4v) is 2.97. The molecule has 0 spiro atoms. The summed E-state index contributed by atoms with van der Waals surface area (Å²) < 4.78 is 2.21. The van der Waals surface area contributed by atoms with Gasteiger partial charge in [0.2, 0.25) is 0 Å². The van der Waals surface area contributed by atoms with Crippen molar-refractivity contribution < 1.29 is 0 Å². The minimum absolute atomic E-state index is 0.811. The van der Waals surface area contributed by atoms with Gasteiger partial charge < -0.3 is 4.57 Å². The monoisotopic (exact) mass is 303 g/mol. The van der Waals surface area contributed by atoms with Crippen molar-refractivity contribution in [2.75, 3.05) is 26.2 Å². The van der Waals surface area contributed by atoms with Gasteiger partial charge in [0.05, 0.1) is 0 Å². The fraction of sp³-hybridized carbons (Fsp3) is 0.412. The van der Waals surface area contributed by atoms with E-state index in [1.54, 1.807) is 0 Å². The van der Waals surface area contributed by atoms with Crippen molar-refractivity contribution in [2.24, 2.45) is 7.05 Å². The highest BCUT2D eigenvalue weighted by Gasteiger charge is 2.17. The van der Waals surface area contributed by atoms with E-state index in [-0.39, 0.29) is 0 Å². The van der Waals surface area contributed by atoms with Gasteiger partial charge in [-0.25, -0.2) is 0 Å². The van der Waals surface area contributed by atoms with Crippen LogP contribution in [0, 0.1) is 0 Å². The van der Waals surface area contributed by atoms with Crippen LogP contribution in [0.2, 0.25) is 5.02 Å². The number of aromatic nitrogens is 1. The molecule has 0 atom stereocenters. The molecule has 0 saturated carbocycles. The molecule has 1 aliphatic rings. The minimum Gasteiger partial charge on any atom is -0.353 e. The third-order valence-corrected chi connectivity index (χ3v) is 4.47. The topological polar surface area (TPSA) is 11.4 Å². The quantitative estimate of drug-likeness (QED) is 0.860. The lowest BCUT2D eigenvalue weighted by atomic mass is 10.2. The van der Waals surface area contributed by atoms with E-state index in [4.69, 9.17) is 11.6 Å². The Morgan fingerprint density at radius 2 is 1.52 bits per heavy atom. The van der Waals surface area contributed by atoms with Crippen LogP contribution in [0.4, 0.5) is 0 Å². The first kappa shape index (κ1) is 14.6. The predicted octanol–water partition coefficient (Wildman–Crippen LogP) is 3.00. The van der Waals surface area contributed by atoms with E-state index in [2.05, 4.69) is 51.9 Å². The van der Waals surface area contributed by atoms with Crippen LogP contribution in [0.5, 0.6) is 0 Å². The summed E-state index contributed by atoms with van der Waals surface area (Å²) in [4.78, 5) is 5.05. The molecule has 0 amide bonds. The molecule has 112 valence electrons. The first-order chi connectivity index (χ1) is 10.2. The highest BCUT2D eigenvalue weighted by molar-refractivity contribution is 6.30. The first-order valence-corrected chi connectivity index (χ1v) is 7.88. The van der Waals surface area contributed by atoms with Crippen LogP contribution in [0.3, 0.4) is 0 Å². The zero-order valence-electron chi connectivity index (χ0n) is 12.5. The maximum atomic E-state index is 5.93. The highest BCUT2D eigenvalue weighted by atomic mass is 35.5. The summed E-state index contributed by atoms with van der Waals surface area (Å²) in [7, 11) is 2.12. The number of halogens is 1. The standard InChI is InChI=1S/C17H22ClN3/c1-19-8-2-3-17(19)14-21-11-9-20(10-12-21)13-15-4-6-16(18)7-5-15/h2-8H,9-14H2,1H3. The Balaban J connectivity index is 1.49. The van der Waals surface area contributed by atoms with Gasteiger partial charge in [-0.1, -0.05) is 23.7 Å². The van der Waals surface area contributed by atoms with Gasteiger partial charge in [-0.05, 0) is 29.8 Å². The summed E-state index contributed by atoms with van der Waals surface area (Å²) in [5, 5.41) is 0.811. The summed E-state index contributed by atoms with van der Waals surface area (Å²) in [6, 6.07) is 12.5. The van der Waals surface area contributed by atoms with Gasteiger partial charge in [0.1, 0.15) is 0 Å². The van der Waals surface area contributed by atoms with Crippen molar-refractivity contribution in [3.05, 3.63) is 58.9 Å². The average Bonchev–Trinajstić information content (AvgIpc) is 2.89. The third-order valence-electron chi connectivity index (χ3n) is 4.22. The molecule has 0 radical (unpaired) electrons. The van der Waals surface area contributed by atoms with Crippen LogP contribution in [-0.4, -0.2) is 40.5 Å². The fourth-order valence-electron chi connectivity index (χ4n) is 2.84. The van der Waals surface area contributed by atoms with E-state index in [0.29, 0.717) is 0 Å². The Bertz CT molecular complexity index is 568. The molecule has 0 aliphatic carbocycles. The van der Waals surface area contributed by atoms with Crippen molar-refractivity contribution in [3.8, 4) is 0 Å². The van der Waals surface area contributed by atoms with E-state index in [1.807, 2.05) is 12.1 Å². The maximum absolute atomic E-state index is 5.93. The first-order valence-electron chi connectivity index (χ1n) is 7.50. The summed E-state index contributed by atoms with van der Waals surface area (Å²) in [5.74, 6) is 0. The molecule has 1 aliphatic heterocycles. The largest absolute Gasteiger partial charge is 0.353 e. The lowest BCUT2D eigenvalue weighted by molar-refractivity contribution is 0.120. The second-order valence-corrected chi connectivity index (χ2v) is 6.23. The van der Waals surface area contributed by atoms with Crippen LogP contribution >= 0.6 is 11.6 Å². The number of benzene rings is 1. The molecule has 1 fully saturated rings. The molecule has 4 heteroatoms. The molecule has 0 bridgehead atoms. The van der Waals surface area contributed by atoms with Crippen LogP contribution in [-0.2, 0) is 20.1 Å². The van der Waals surface area contributed by atoms with Crippen LogP contribution < -0.4 is 0 Å². The minimum atomic E-state index is 0.811. The number of nitrogens with zero attached hydrogens (tertiary/aromatic N) is 3. The lowest BCUT2D eigenvalue weighted by Crippen LogP contribution is -2.45. The maximum Gasteiger partial charge on any atom is 0.0406 e. The average molecular weight is 304 g/mol. The lowest BCUT2D eigenvalue weighted by Gasteiger charge is -2.34. The summed E-state index contributed by atoms with van der Waals surface area (Å²) in [6.07, 6.45) is 2.12. The van der Waals surface area contributed by atoms with Crippen molar-refractivity contribution in [1.29, 1.82) is 0 Å². The van der Waals surface area contributed by atoms with Gasteiger partial charge in [0.25, 0.3) is 0 Å². The van der Waals surface area contributed by atoms with Crippen LogP contribution in [0.25, 0.3) is 0 Å².